The van der Waals surface area contributed by atoms with Gasteiger partial charge in [0.1, 0.15) is 5.02 Å². The van der Waals surface area contributed by atoms with Gasteiger partial charge in [-0.15, -0.1) is 0 Å². The number of aromatic nitrogens is 2. The zero-order valence-corrected chi connectivity index (χ0v) is 9.97. The van der Waals surface area contributed by atoms with Gasteiger partial charge in [-0.2, -0.15) is 5.10 Å². The van der Waals surface area contributed by atoms with Crippen molar-refractivity contribution >= 4 is 17.4 Å². The molecule has 0 bridgehead atoms. The van der Waals surface area contributed by atoms with Crippen molar-refractivity contribution in [3.63, 3.8) is 0 Å². The molecule has 0 saturated heterocycles. The van der Waals surface area contributed by atoms with Gasteiger partial charge in [0, 0.05) is 12.7 Å². The maximum absolute atomic E-state index is 5.82. The maximum atomic E-state index is 5.82. The molecule has 0 fully saturated rings. The molecule has 0 aliphatic carbocycles. The molecule has 0 aliphatic heterocycles. The van der Waals surface area contributed by atoms with Crippen molar-refractivity contribution in [2.24, 2.45) is 11.3 Å². The van der Waals surface area contributed by atoms with Crippen LogP contribution >= 0.6 is 11.6 Å². The predicted molar refractivity (Wildman–Crippen MR) is 60.3 cm³/mol. The van der Waals surface area contributed by atoms with Crippen LogP contribution in [-0.2, 0) is 6.54 Å². The molecule has 3 nitrogen and oxygen atoms in total. The van der Waals surface area contributed by atoms with Crippen LogP contribution in [0.4, 0.5) is 5.82 Å². The van der Waals surface area contributed by atoms with E-state index in [0.717, 1.165) is 6.54 Å². The molecule has 4 heteroatoms. The summed E-state index contributed by atoms with van der Waals surface area (Å²) < 4.78 is 1.81. The molecule has 1 aromatic heterocycles. The van der Waals surface area contributed by atoms with Crippen LogP contribution in [0.15, 0.2) is 6.20 Å². The minimum absolute atomic E-state index is 0.271. The third-order valence-corrected chi connectivity index (χ3v) is 2.97. The van der Waals surface area contributed by atoms with Gasteiger partial charge in [-0.05, 0) is 11.3 Å². The summed E-state index contributed by atoms with van der Waals surface area (Å²) in [4.78, 5) is 0. The second kappa shape index (κ2) is 3.81. The summed E-state index contributed by atoms with van der Waals surface area (Å²) in [5.74, 6) is 0.936. The van der Waals surface area contributed by atoms with Gasteiger partial charge in [-0.1, -0.05) is 39.3 Å². The van der Waals surface area contributed by atoms with Crippen LogP contribution in [0.2, 0.25) is 5.02 Å². The van der Waals surface area contributed by atoms with Gasteiger partial charge >= 0.3 is 0 Å². The highest BCUT2D eigenvalue weighted by Gasteiger charge is 2.20. The lowest BCUT2D eigenvalue weighted by atomic mass is 9.82. The molecule has 1 aromatic rings. The molecule has 80 valence electrons. The van der Waals surface area contributed by atoms with Crippen LogP contribution in [0.25, 0.3) is 0 Å². The topological polar surface area (TPSA) is 43.8 Å². The van der Waals surface area contributed by atoms with E-state index in [2.05, 4.69) is 32.8 Å². The van der Waals surface area contributed by atoms with E-state index in [0.29, 0.717) is 16.8 Å². The van der Waals surface area contributed by atoms with E-state index in [1.165, 1.54) is 0 Å². The van der Waals surface area contributed by atoms with Gasteiger partial charge < -0.3 is 5.73 Å². The Morgan fingerprint density at radius 3 is 2.50 bits per heavy atom. The number of hydrogen-bond acceptors (Lipinski definition) is 2. The van der Waals surface area contributed by atoms with E-state index < -0.39 is 0 Å². The van der Waals surface area contributed by atoms with Gasteiger partial charge in [0.25, 0.3) is 0 Å². The summed E-state index contributed by atoms with van der Waals surface area (Å²) in [7, 11) is 0. The number of halogens is 1. The van der Waals surface area contributed by atoms with E-state index in [1.807, 2.05) is 4.68 Å². The van der Waals surface area contributed by atoms with E-state index in [9.17, 15) is 0 Å². The largest absolute Gasteiger partial charge is 0.381 e. The molecule has 1 rings (SSSR count). The molecule has 0 radical (unpaired) electrons. The van der Waals surface area contributed by atoms with Crippen molar-refractivity contribution in [1.82, 2.24) is 9.78 Å². The van der Waals surface area contributed by atoms with Gasteiger partial charge in [0.2, 0.25) is 0 Å². The van der Waals surface area contributed by atoms with Crippen molar-refractivity contribution in [3.05, 3.63) is 11.2 Å². The molecule has 2 N–H and O–H groups in total. The zero-order valence-electron chi connectivity index (χ0n) is 9.21. The van der Waals surface area contributed by atoms with E-state index in [-0.39, 0.29) is 5.41 Å². The first kappa shape index (κ1) is 11.4. The van der Waals surface area contributed by atoms with Crippen LogP contribution in [0.3, 0.4) is 0 Å². The van der Waals surface area contributed by atoms with Gasteiger partial charge in [-0.25, -0.2) is 0 Å². The summed E-state index contributed by atoms with van der Waals surface area (Å²) in [5, 5.41) is 4.66. The molecule has 0 spiro atoms. The average molecular weight is 216 g/mol. The Hall–Kier alpha value is -0.700. The number of anilines is 1. The van der Waals surface area contributed by atoms with Gasteiger partial charge in [0.15, 0.2) is 5.82 Å². The summed E-state index contributed by atoms with van der Waals surface area (Å²) in [5.41, 5.74) is 5.83. The Bertz CT molecular complexity index is 292. The third kappa shape index (κ3) is 2.64. The molecule has 0 saturated carbocycles. The molecule has 1 heterocycles. The Kier molecular flexibility index (Phi) is 3.10. The lowest BCUT2D eigenvalue weighted by Gasteiger charge is -2.26. The summed E-state index contributed by atoms with van der Waals surface area (Å²) >= 11 is 5.82. The normalized spacial score (nSPS) is 14.4. The van der Waals surface area contributed by atoms with Crippen molar-refractivity contribution < 1.29 is 0 Å². The predicted octanol–water partition coefficient (Wildman–Crippen LogP) is 2.80. The van der Waals surface area contributed by atoms with Crippen molar-refractivity contribution in [3.8, 4) is 0 Å². The van der Waals surface area contributed by atoms with Crippen LogP contribution in [0.1, 0.15) is 27.7 Å². The first-order chi connectivity index (χ1) is 6.30. The summed E-state index contributed by atoms with van der Waals surface area (Å²) in [6, 6.07) is 0. The van der Waals surface area contributed by atoms with E-state index in [4.69, 9.17) is 17.3 Å². The lowest BCUT2D eigenvalue weighted by molar-refractivity contribution is 0.226. The molecule has 0 aliphatic rings. The standard InChI is InChI=1S/C10H18ClN3/c1-7(10(2,3)4)5-14-6-8(11)9(12)13-14/h6-7H,5H2,1-4H3,(H2,12,13). The molecule has 14 heavy (non-hydrogen) atoms. The fraction of sp³-hybridized carbons (Fsp3) is 0.700. The Balaban J connectivity index is 2.70. The minimum atomic E-state index is 0.271. The molecule has 0 amide bonds. The van der Waals surface area contributed by atoms with Crippen LogP contribution < -0.4 is 5.73 Å². The first-order valence-corrected chi connectivity index (χ1v) is 5.17. The van der Waals surface area contributed by atoms with Gasteiger partial charge in [0.05, 0.1) is 0 Å². The van der Waals surface area contributed by atoms with Crippen molar-refractivity contribution in [2.75, 3.05) is 5.73 Å². The van der Waals surface area contributed by atoms with Gasteiger partial charge in [-0.3, -0.25) is 4.68 Å². The lowest BCUT2D eigenvalue weighted by Crippen LogP contribution is -2.22. The third-order valence-electron chi connectivity index (χ3n) is 2.68. The molecular formula is C10H18ClN3. The second-order valence-corrected chi connectivity index (χ2v) is 5.26. The summed E-state index contributed by atoms with van der Waals surface area (Å²) in [6.45, 7) is 9.69. The highest BCUT2D eigenvalue weighted by Crippen LogP contribution is 2.27. The van der Waals surface area contributed by atoms with E-state index >= 15 is 0 Å². The number of hydrogen-bond donors (Lipinski definition) is 1. The number of nitrogen functional groups attached to an aromatic ring is 1. The van der Waals surface area contributed by atoms with Crippen molar-refractivity contribution in [1.29, 1.82) is 0 Å². The Labute approximate surface area is 90.2 Å². The Morgan fingerprint density at radius 2 is 2.14 bits per heavy atom. The quantitative estimate of drug-likeness (QED) is 0.825. The molecule has 1 atom stereocenters. The van der Waals surface area contributed by atoms with E-state index in [1.54, 1.807) is 6.20 Å². The fourth-order valence-corrected chi connectivity index (χ4v) is 1.21. The monoisotopic (exact) mass is 215 g/mol. The SMILES string of the molecule is CC(Cn1cc(Cl)c(N)n1)C(C)(C)C. The highest BCUT2D eigenvalue weighted by atomic mass is 35.5. The maximum Gasteiger partial charge on any atom is 0.164 e. The minimum Gasteiger partial charge on any atom is -0.381 e. The molecule has 1 unspecified atom stereocenters. The first-order valence-electron chi connectivity index (χ1n) is 4.79. The highest BCUT2D eigenvalue weighted by molar-refractivity contribution is 6.32. The van der Waals surface area contributed by atoms with Crippen LogP contribution in [0.5, 0.6) is 0 Å². The number of nitrogens with zero attached hydrogens (tertiary/aromatic N) is 2. The number of rotatable bonds is 2. The average Bonchev–Trinajstić information content (AvgIpc) is 2.29. The van der Waals surface area contributed by atoms with Crippen LogP contribution in [0, 0.1) is 11.3 Å². The van der Waals surface area contributed by atoms with Crippen molar-refractivity contribution in [2.45, 2.75) is 34.2 Å². The molecular weight excluding hydrogens is 198 g/mol. The summed E-state index contributed by atoms with van der Waals surface area (Å²) in [6.07, 6.45) is 1.78. The second-order valence-electron chi connectivity index (χ2n) is 4.85. The molecule has 0 aromatic carbocycles. The Morgan fingerprint density at radius 1 is 1.57 bits per heavy atom. The fourth-order valence-electron chi connectivity index (χ4n) is 1.06. The van der Waals surface area contributed by atoms with Crippen LogP contribution in [-0.4, -0.2) is 9.78 Å². The smallest absolute Gasteiger partial charge is 0.164 e. The zero-order chi connectivity index (χ0) is 10.9. The number of nitrogens with two attached hydrogens (primary N) is 1.